The van der Waals surface area contributed by atoms with E-state index in [1.165, 1.54) is 0 Å². The van der Waals surface area contributed by atoms with Gasteiger partial charge in [-0.2, -0.15) is 0 Å². The number of benzene rings is 1. The highest BCUT2D eigenvalue weighted by Gasteiger charge is 2.20. The molecule has 0 saturated heterocycles. The molecule has 0 amide bonds. The largest absolute Gasteiger partial charge is 0.493 e. The monoisotopic (exact) mass is 252 g/mol. The maximum Gasteiger partial charge on any atom is 0.203 e. The molecule has 0 bridgehead atoms. The van der Waals surface area contributed by atoms with Crippen molar-refractivity contribution in [1.82, 2.24) is 5.43 Å². The first-order valence-corrected chi connectivity index (χ1v) is 5.59. The van der Waals surface area contributed by atoms with E-state index in [9.17, 15) is 0 Å². The third-order valence-corrected chi connectivity index (χ3v) is 2.71. The molecule has 0 saturated carbocycles. The molecule has 0 fully saturated rings. The molecule has 0 aromatic heterocycles. The molecule has 0 heterocycles. The van der Waals surface area contributed by atoms with Crippen molar-refractivity contribution in [2.75, 3.05) is 21.3 Å². The van der Waals surface area contributed by atoms with Gasteiger partial charge in [0, 0.05) is 5.56 Å². The van der Waals surface area contributed by atoms with E-state index in [-0.39, 0.29) is 6.04 Å². The third-order valence-electron chi connectivity index (χ3n) is 2.71. The average molecular weight is 252 g/mol. The van der Waals surface area contributed by atoms with Gasteiger partial charge in [-0.15, -0.1) is 6.58 Å². The molecule has 0 aliphatic heterocycles. The maximum absolute atomic E-state index is 5.55. The summed E-state index contributed by atoms with van der Waals surface area (Å²) in [5, 5.41) is 0. The van der Waals surface area contributed by atoms with Gasteiger partial charge in [-0.1, -0.05) is 6.08 Å². The molecule has 5 nitrogen and oxygen atoms in total. The molecule has 100 valence electrons. The van der Waals surface area contributed by atoms with E-state index in [1.807, 2.05) is 12.1 Å². The Morgan fingerprint density at radius 3 is 2.33 bits per heavy atom. The van der Waals surface area contributed by atoms with E-state index in [0.29, 0.717) is 23.7 Å². The number of hydrazine groups is 1. The zero-order chi connectivity index (χ0) is 13.5. The fraction of sp³-hybridized carbons (Fsp3) is 0.385. The van der Waals surface area contributed by atoms with Crippen LogP contribution in [0.4, 0.5) is 0 Å². The zero-order valence-corrected chi connectivity index (χ0v) is 11.0. The van der Waals surface area contributed by atoms with Crippen LogP contribution in [0, 0.1) is 0 Å². The summed E-state index contributed by atoms with van der Waals surface area (Å²) < 4.78 is 16.0. The standard InChI is InChI=1S/C13H20N2O3/c1-5-6-10(15-14)9-7-8-11(16-2)13(18-4)12(9)17-3/h5,7-8,10,15H,1,6,14H2,2-4H3. The fourth-order valence-corrected chi connectivity index (χ4v) is 1.85. The zero-order valence-electron chi connectivity index (χ0n) is 11.0. The van der Waals surface area contributed by atoms with Crippen LogP contribution < -0.4 is 25.5 Å². The van der Waals surface area contributed by atoms with E-state index in [2.05, 4.69) is 12.0 Å². The minimum atomic E-state index is -0.0859. The van der Waals surface area contributed by atoms with E-state index in [0.717, 1.165) is 5.56 Å². The van der Waals surface area contributed by atoms with Crippen LogP contribution >= 0.6 is 0 Å². The van der Waals surface area contributed by atoms with Crippen molar-refractivity contribution in [2.24, 2.45) is 5.84 Å². The Morgan fingerprint density at radius 1 is 1.22 bits per heavy atom. The highest BCUT2D eigenvalue weighted by atomic mass is 16.5. The molecule has 1 rings (SSSR count). The molecular formula is C13H20N2O3. The van der Waals surface area contributed by atoms with Crippen molar-refractivity contribution in [3.05, 3.63) is 30.4 Å². The first-order valence-electron chi connectivity index (χ1n) is 5.59. The van der Waals surface area contributed by atoms with Crippen molar-refractivity contribution in [3.8, 4) is 17.2 Å². The molecule has 1 atom stereocenters. The smallest absolute Gasteiger partial charge is 0.203 e. The minimum Gasteiger partial charge on any atom is -0.493 e. The van der Waals surface area contributed by atoms with E-state index in [4.69, 9.17) is 20.1 Å². The van der Waals surface area contributed by atoms with Gasteiger partial charge in [-0.3, -0.25) is 11.3 Å². The second-order valence-electron chi connectivity index (χ2n) is 3.67. The van der Waals surface area contributed by atoms with Crippen molar-refractivity contribution in [2.45, 2.75) is 12.5 Å². The minimum absolute atomic E-state index is 0.0859. The topological polar surface area (TPSA) is 65.7 Å². The Kier molecular flexibility index (Phi) is 5.48. The first-order chi connectivity index (χ1) is 8.73. The van der Waals surface area contributed by atoms with Crippen LogP contribution in [0.3, 0.4) is 0 Å². The predicted octanol–water partition coefficient (Wildman–Crippen LogP) is 1.79. The first kappa shape index (κ1) is 14.3. The Bertz CT molecular complexity index is 407. The Hall–Kier alpha value is -1.72. The van der Waals surface area contributed by atoms with Gasteiger partial charge in [0.15, 0.2) is 11.5 Å². The molecule has 0 aliphatic rings. The Morgan fingerprint density at radius 2 is 1.89 bits per heavy atom. The third kappa shape index (κ3) is 2.75. The van der Waals surface area contributed by atoms with Crippen LogP contribution in [-0.2, 0) is 0 Å². The van der Waals surface area contributed by atoms with Crippen molar-refractivity contribution in [1.29, 1.82) is 0 Å². The lowest BCUT2D eigenvalue weighted by Crippen LogP contribution is -2.28. The molecule has 5 heteroatoms. The van der Waals surface area contributed by atoms with Crippen molar-refractivity contribution in [3.63, 3.8) is 0 Å². The van der Waals surface area contributed by atoms with E-state index >= 15 is 0 Å². The van der Waals surface area contributed by atoms with Crippen molar-refractivity contribution >= 4 is 0 Å². The summed E-state index contributed by atoms with van der Waals surface area (Å²) in [4.78, 5) is 0. The highest BCUT2D eigenvalue weighted by Crippen LogP contribution is 2.42. The van der Waals surface area contributed by atoms with Gasteiger partial charge >= 0.3 is 0 Å². The van der Waals surface area contributed by atoms with Crippen LogP contribution in [0.2, 0.25) is 0 Å². The van der Waals surface area contributed by atoms with Gasteiger partial charge in [0.1, 0.15) is 0 Å². The molecule has 3 N–H and O–H groups in total. The number of nitrogens with one attached hydrogen (secondary N) is 1. The van der Waals surface area contributed by atoms with Crippen molar-refractivity contribution < 1.29 is 14.2 Å². The average Bonchev–Trinajstić information content (AvgIpc) is 2.42. The maximum atomic E-state index is 5.55. The summed E-state index contributed by atoms with van der Waals surface area (Å²) in [7, 11) is 4.74. The predicted molar refractivity (Wildman–Crippen MR) is 71.0 cm³/mol. The summed E-state index contributed by atoms with van der Waals surface area (Å²) in [6.45, 7) is 3.71. The second kappa shape index (κ2) is 6.88. The summed E-state index contributed by atoms with van der Waals surface area (Å²) in [6, 6.07) is 3.63. The lowest BCUT2D eigenvalue weighted by molar-refractivity contribution is 0.319. The Labute approximate surface area is 107 Å². The van der Waals surface area contributed by atoms with E-state index < -0.39 is 0 Å². The van der Waals surface area contributed by atoms with Crippen LogP contribution in [0.5, 0.6) is 17.2 Å². The molecular weight excluding hydrogens is 232 g/mol. The second-order valence-corrected chi connectivity index (χ2v) is 3.67. The molecule has 1 aromatic carbocycles. The van der Waals surface area contributed by atoms with Gasteiger partial charge in [-0.05, 0) is 18.6 Å². The summed E-state index contributed by atoms with van der Waals surface area (Å²) in [5.41, 5.74) is 3.64. The summed E-state index contributed by atoms with van der Waals surface area (Å²) in [6.07, 6.45) is 2.48. The fourth-order valence-electron chi connectivity index (χ4n) is 1.85. The Balaban J connectivity index is 3.30. The molecule has 1 aromatic rings. The molecule has 1 unspecified atom stereocenters. The van der Waals surface area contributed by atoms with Crippen LogP contribution in [0.1, 0.15) is 18.0 Å². The number of ether oxygens (including phenoxy) is 3. The highest BCUT2D eigenvalue weighted by molar-refractivity contribution is 5.56. The van der Waals surface area contributed by atoms with Gasteiger partial charge in [0.25, 0.3) is 0 Å². The summed E-state index contributed by atoms with van der Waals surface area (Å²) in [5.74, 6) is 7.34. The molecule has 0 aliphatic carbocycles. The SMILES string of the molecule is C=CCC(NN)c1ccc(OC)c(OC)c1OC. The van der Waals surface area contributed by atoms with Crippen LogP contribution in [0.25, 0.3) is 0 Å². The van der Waals surface area contributed by atoms with Gasteiger partial charge in [0.2, 0.25) is 5.75 Å². The number of hydrogen-bond donors (Lipinski definition) is 2. The van der Waals surface area contributed by atoms with Gasteiger partial charge in [0.05, 0.1) is 27.4 Å². The lowest BCUT2D eigenvalue weighted by atomic mass is 10.0. The van der Waals surface area contributed by atoms with Gasteiger partial charge in [-0.25, -0.2) is 0 Å². The number of nitrogens with two attached hydrogens (primary N) is 1. The number of rotatable bonds is 7. The molecule has 18 heavy (non-hydrogen) atoms. The number of hydrogen-bond acceptors (Lipinski definition) is 5. The number of methoxy groups -OCH3 is 3. The quantitative estimate of drug-likeness (QED) is 0.440. The normalized spacial score (nSPS) is 11.8. The van der Waals surface area contributed by atoms with Crippen LogP contribution in [0.15, 0.2) is 24.8 Å². The molecule has 0 spiro atoms. The lowest BCUT2D eigenvalue weighted by Gasteiger charge is -2.20. The van der Waals surface area contributed by atoms with Crippen LogP contribution in [-0.4, -0.2) is 21.3 Å². The molecule has 0 radical (unpaired) electrons. The van der Waals surface area contributed by atoms with E-state index in [1.54, 1.807) is 27.4 Å². The summed E-state index contributed by atoms with van der Waals surface area (Å²) >= 11 is 0. The van der Waals surface area contributed by atoms with Gasteiger partial charge < -0.3 is 14.2 Å².